The second kappa shape index (κ2) is 6.57. The Balaban J connectivity index is 1.80. The number of hydrogen-bond acceptors (Lipinski definition) is 2. The monoisotopic (exact) mass is 246 g/mol. The maximum Gasteiger partial charge on any atom is 0.0499 e. The van der Waals surface area contributed by atoms with Gasteiger partial charge in [-0.05, 0) is 37.1 Å². The Bertz CT molecular complexity index is 478. The molecule has 0 saturated carbocycles. The van der Waals surface area contributed by atoms with Crippen LogP contribution in [-0.2, 0) is 11.2 Å². The summed E-state index contributed by atoms with van der Waals surface area (Å²) in [6.07, 6.45) is 3.18. The van der Waals surface area contributed by atoms with Crippen LogP contribution in [0.4, 0.5) is 0 Å². The number of aromatic amines is 1. The van der Waals surface area contributed by atoms with E-state index < -0.39 is 0 Å². The fourth-order valence-electron chi connectivity index (χ4n) is 2.25. The first-order chi connectivity index (χ1) is 8.81. The zero-order valence-electron chi connectivity index (χ0n) is 11.2. The Morgan fingerprint density at radius 2 is 2.17 bits per heavy atom. The molecule has 0 aliphatic heterocycles. The van der Waals surface area contributed by atoms with Crippen LogP contribution in [0.2, 0.25) is 0 Å². The zero-order valence-corrected chi connectivity index (χ0v) is 11.2. The Labute approximate surface area is 109 Å². The lowest BCUT2D eigenvalue weighted by Gasteiger charge is -2.11. The molecule has 0 aliphatic carbocycles. The molecule has 0 spiro atoms. The summed E-state index contributed by atoms with van der Waals surface area (Å²) >= 11 is 0. The predicted octanol–water partition coefficient (Wildman–Crippen LogP) is 2.58. The summed E-state index contributed by atoms with van der Waals surface area (Å²) < 4.78 is 5.12. The van der Waals surface area contributed by atoms with Crippen LogP contribution in [0.25, 0.3) is 10.9 Å². The quantitative estimate of drug-likeness (QED) is 0.737. The second-order valence-corrected chi connectivity index (χ2v) is 4.87. The minimum Gasteiger partial charge on any atom is -0.384 e. The van der Waals surface area contributed by atoms with Crippen LogP contribution in [0.3, 0.4) is 0 Å². The van der Waals surface area contributed by atoms with E-state index in [-0.39, 0.29) is 0 Å². The lowest BCUT2D eigenvalue weighted by molar-refractivity contribution is 0.158. The van der Waals surface area contributed by atoms with Gasteiger partial charge in [0.2, 0.25) is 0 Å². The van der Waals surface area contributed by atoms with E-state index in [2.05, 4.69) is 47.7 Å². The van der Waals surface area contributed by atoms with Gasteiger partial charge in [-0.25, -0.2) is 0 Å². The minimum absolute atomic E-state index is 0.568. The first-order valence-electron chi connectivity index (χ1n) is 6.56. The van der Waals surface area contributed by atoms with Crippen molar-refractivity contribution in [3.8, 4) is 0 Å². The maximum absolute atomic E-state index is 5.12. The first-order valence-corrected chi connectivity index (χ1v) is 6.56. The zero-order chi connectivity index (χ0) is 12.8. The van der Waals surface area contributed by atoms with Crippen LogP contribution in [0.1, 0.15) is 12.5 Å². The van der Waals surface area contributed by atoms with Gasteiger partial charge in [0, 0.05) is 30.8 Å². The van der Waals surface area contributed by atoms with Crippen LogP contribution in [0, 0.1) is 5.92 Å². The number of fused-ring (bicyclic) bond motifs is 1. The maximum atomic E-state index is 5.12. The number of para-hydroxylation sites is 1. The normalized spacial score (nSPS) is 13.0. The Morgan fingerprint density at radius 1 is 1.33 bits per heavy atom. The van der Waals surface area contributed by atoms with Gasteiger partial charge in [-0.2, -0.15) is 0 Å². The third-order valence-corrected chi connectivity index (χ3v) is 3.19. The summed E-state index contributed by atoms with van der Waals surface area (Å²) in [6, 6.07) is 8.45. The van der Waals surface area contributed by atoms with Crippen molar-refractivity contribution in [1.29, 1.82) is 0 Å². The van der Waals surface area contributed by atoms with E-state index in [9.17, 15) is 0 Å². The number of methoxy groups -OCH3 is 1. The fraction of sp³-hybridized carbons (Fsp3) is 0.467. The molecule has 0 radical (unpaired) electrons. The third-order valence-electron chi connectivity index (χ3n) is 3.19. The number of aromatic nitrogens is 1. The average molecular weight is 246 g/mol. The van der Waals surface area contributed by atoms with E-state index in [0.717, 1.165) is 26.1 Å². The van der Waals surface area contributed by atoms with Crippen molar-refractivity contribution in [3.05, 3.63) is 36.0 Å². The highest BCUT2D eigenvalue weighted by Crippen LogP contribution is 2.17. The lowest BCUT2D eigenvalue weighted by Crippen LogP contribution is -2.25. The molecule has 0 aliphatic rings. The summed E-state index contributed by atoms with van der Waals surface area (Å²) in [5, 5.41) is 4.82. The van der Waals surface area contributed by atoms with Gasteiger partial charge in [0.25, 0.3) is 0 Å². The molecule has 1 unspecified atom stereocenters. The van der Waals surface area contributed by atoms with Crippen LogP contribution in [-0.4, -0.2) is 31.8 Å². The molecule has 1 aromatic heterocycles. The van der Waals surface area contributed by atoms with Crippen molar-refractivity contribution in [2.75, 3.05) is 26.8 Å². The van der Waals surface area contributed by atoms with Crippen molar-refractivity contribution in [2.24, 2.45) is 5.92 Å². The van der Waals surface area contributed by atoms with E-state index in [0.29, 0.717) is 5.92 Å². The number of nitrogens with one attached hydrogen (secondary N) is 2. The number of benzene rings is 1. The van der Waals surface area contributed by atoms with Gasteiger partial charge in [-0.3, -0.25) is 0 Å². The molecule has 3 heteroatoms. The molecule has 0 bridgehead atoms. The van der Waals surface area contributed by atoms with E-state index >= 15 is 0 Å². The number of rotatable bonds is 7. The largest absolute Gasteiger partial charge is 0.384 e. The van der Waals surface area contributed by atoms with E-state index in [1.165, 1.54) is 16.5 Å². The highest BCUT2D eigenvalue weighted by atomic mass is 16.5. The summed E-state index contributed by atoms with van der Waals surface area (Å²) in [5.41, 5.74) is 2.61. The molecule has 2 rings (SSSR count). The topological polar surface area (TPSA) is 37.0 Å². The summed E-state index contributed by atoms with van der Waals surface area (Å²) in [4.78, 5) is 3.31. The molecule has 1 heterocycles. The standard InChI is InChI=1S/C15H22N2O/c1-12(11-18-2)9-16-8-7-13-10-17-15-6-4-3-5-14(13)15/h3-6,10,12,16-17H,7-9,11H2,1-2H3. The number of H-pyrrole nitrogens is 1. The van der Waals surface area contributed by atoms with Crippen LogP contribution in [0.5, 0.6) is 0 Å². The van der Waals surface area contributed by atoms with Crippen LogP contribution < -0.4 is 5.32 Å². The van der Waals surface area contributed by atoms with Gasteiger partial charge in [0.05, 0.1) is 0 Å². The highest BCUT2D eigenvalue weighted by molar-refractivity contribution is 5.83. The number of hydrogen-bond donors (Lipinski definition) is 2. The lowest BCUT2D eigenvalue weighted by atomic mass is 10.1. The third kappa shape index (κ3) is 3.34. The van der Waals surface area contributed by atoms with Crippen molar-refractivity contribution >= 4 is 10.9 Å². The number of ether oxygens (including phenoxy) is 1. The van der Waals surface area contributed by atoms with Crippen LogP contribution >= 0.6 is 0 Å². The Kier molecular flexibility index (Phi) is 4.79. The van der Waals surface area contributed by atoms with Crippen molar-refractivity contribution in [2.45, 2.75) is 13.3 Å². The molecule has 1 aromatic carbocycles. The van der Waals surface area contributed by atoms with Crippen LogP contribution in [0.15, 0.2) is 30.5 Å². The average Bonchev–Trinajstić information content (AvgIpc) is 2.78. The van der Waals surface area contributed by atoms with Gasteiger partial charge in [0.1, 0.15) is 0 Å². The molecule has 0 fully saturated rings. The molecule has 2 aromatic rings. The van der Waals surface area contributed by atoms with Crippen molar-refractivity contribution in [3.63, 3.8) is 0 Å². The van der Waals surface area contributed by atoms with E-state index in [1.807, 2.05) is 0 Å². The molecule has 0 amide bonds. The van der Waals surface area contributed by atoms with Crippen molar-refractivity contribution < 1.29 is 4.74 Å². The van der Waals surface area contributed by atoms with Gasteiger partial charge in [0.15, 0.2) is 0 Å². The Morgan fingerprint density at radius 3 is 3.00 bits per heavy atom. The highest BCUT2D eigenvalue weighted by Gasteiger charge is 2.03. The smallest absolute Gasteiger partial charge is 0.0499 e. The van der Waals surface area contributed by atoms with E-state index in [1.54, 1.807) is 7.11 Å². The van der Waals surface area contributed by atoms with Gasteiger partial charge in [-0.15, -0.1) is 0 Å². The Hall–Kier alpha value is -1.32. The van der Waals surface area contributed by atoms with Gasteiger partial charge in [-0.1, -0.05) is 25.1 Å². The summed E-state index contributed by atoms with van der Waals surface area (Å²) in [5.74, 6) is 0.568. The molecule has 3 nitrogen and oxygen atoms in total. The predicted molar refractivity (Wildman–Crippen MR) is 75.9 cm³/mol. The molecular formula is C15H22N2O. The second-order valence-electron chi connectivity index (χ2n) is 4.87. The van der Waals surface area contributed by atoms with Crippen molar-refractivity contribution in [1.82, 2.24) is 10.3 Å². The van der Waals surface area contributed by atoms with E-state index in [4.69, 9.17) is 4.74 Å². The molecular weight excluding hydrogens is 224 g/mol. The van der Waals surface area contributed by atoms with Gasteiger partial charge < -0.3 is 15.0 Å². The molecule has 0 saturated heterocycles. The molecule has 98 valence electrons. The summed E-state index contributed by atoms with van der Waals surface area (Å²) in [7, 11) is 1.75. The molecule has 2 N–H and O–H groups in total. The summed E-state index contributed by atoms with van der Waals surface area (Å²) in [6.45, 7) is 5.04. The van der Waals surface area contributed by atoms with Gasteiger partial charge >= 0.3 is 0 Å². The minimum atomic E-state index is 0.568. The fourth-order valence-corrected chi connectivity index (χ4v) is 2.25. The SMILES string of the molecule is COCC(C)CNCCc1c[nH]c2ccccc12. The molecule has 1 atom stereocenters. The molecule has 18 heavy (non-hydrogen) atoms. The first kappa shape index (κ1) is 13.1.